The molecule has 0 saturated carbocycles. The zero-order valence-electron chi connectivity index (χ0n) is 9.78. The Bertz CT molecular complexity index is 533. The van der Waals surface area contributed by atoms with E-state index in [2.05, 4.69) is 10.3 Å². The Morgan fingerprint density at radius 2 is 2.06 bits per heavy atom. The molecule has 6 nitrogen and oxygen atoms in total. The van der Waals surface area contributed by atoms with Gasteiger partial charge in [-0.1, -0.05) is 17.3 Å². The third-order valence-electron chi connectivity index (χ3n) is 2.56. The van der Waals surface area contributed by atoms with Crippen molar-refractivity contribution in [3.8, 4) is 5.69 Å². The zero-order chi connectivity index (χ0) is 13.0. The van der Waals surface area contributed by atoms with E-state index in [1.165, 1.54) is 0 Å². The van der Waals surface area contributed by atoms with Gasteiger partial charge in [0.25, 0.3) is 0 Å². The van der Waals surface area contributed by atoms with E-state index in [1.807, 2.05) is 12.1 Å². The quantitative estimate of drug-likeness (QED) is 0.796. The van der Waals surface area contributed by atoms with Gasteiger partial charge in [0.05, 0.1) is 24.0 Å². The van der Waals surface area contributed by atoms with E-state index < -0.39 is 5.97 Å². The number of aliphatic carboxylic acids is 1. The number of carbonyl (C=O) groups is 1. The van der Waals surface area contributed by atoms with Crippen LogP contribution >= 0.6 is 0 Å². The van der Waals surface area contributed by atoms with Gasteiger partial charge in [0.1, 0.15) is 0 Å². The number of nitrogens with two attached hydrogens (primary N) is 1. The average Bonchev–Trinajstić information content (AvgIpc) is 2.78. The summed E-state index contributed by atoms with van der Waals surface area (Å²) in [6.07, 6.45) is 2.40. The van der Waals surface area contributed by atoms with E-state index in [9.17, 15) is 4.79 Å². The van der Waals surface area contributed by atoms with Gasteiger partial charge in [-0.15, -0.1) is 5.10 Å². The second kappa shape index (κ2) is 5.42. The van der Waals surface area contributed by atoms with E-state index in [0.717, 1.165) is 16.9 Å². The van der Waals surface area contributed by atoms with Crippen molar-refractivity contribution >= 4 is 5.97 Å². The monoisotopic (exact) mass is 246 g/mol. The number of benzene rings is 1. The van der Waals surface area contributed by atoms with Crippen LogP contribution in [0.2, 0.25) is 0 Å². The summed E-state index contributed by atoms with van der Waals surface area (Å²) < 4.78 is 1.71. The van der Waals surface area contributed by atoms with Crippen molar-refractivity contribution in [1.29, 1.82) is 0 Å². The fourth-order valence-electron chi connectivity index (χ4n) is 1.72. The van der Waals surface area contributed by atoms with Crippen molar-refractivity contribution in [3.05, 3.63) is 41.7 Å². The molecular formula is C12H14N4O2. The second-order valence-corrected chi connectivity index (χ2v) is 3.91. The van der Waals surface area contributed by atoms with Crippen LogP contribution in [0, 0.1) is 0 Å². The molecule has 0 unspecified atom stereocenters. The fourth-order valence-corrected chi connectivity index (χ4v) is 1.72. The van der Waals surface area contributed by atoms with Crippen LogP contribution in [0.4, 0.5) is 0 Å². The average molecular weight is 246 g/mol. The molecule has 1 aromatic carbocycles. The number of aromatic nitrogens is 3. The second-order valence-electron chi connectivity index (χ2n) is 3.91. The summed E-state index contributed by atoms with van der Waals surface area (Å²) in [7, 11) is 0. The number of rotatable bonds is 5. The first kappa shape index (κ1) is 12.3. The molecule has 6 heteroatoms. The molecule has 0 spiro atoms. The van der Waals surface area contributed by atoms with E-state index in [0.29, 0.717) is 13.0 Å². The van der Waals surface area contributed by atoms with E-state index in [-0.39, 0.29) is 6.42 Å². The molecule has 0 saturated heterocycles. The first-order chi connectivity index (χ1) is 8.70. The maximum Gasteiger partial charge on any atom is 0.307 e. The summed E-state index contributed by atoms with van der Waals surface area (Å²) in [6.45, 7) is 0.532. The normalized spacial score (nSPS) is 10.5. The molecular weight excluding hydrogens is 232 g/mol. The van der Waals surface area contributed by atoms with Crippen molar-refractivity contribution in [2.45, 2.75) is 12.8 Å². The molecule has 0 fully saturated rings. The fraction of sp³-hybridized carbons (Fsp3) is 0.250. The summed E-state index contributed by atoms with van der Waals surface area (Å²) >= 11 is 0. The highest BCUT2D eigenvalue weighted by Gasteiger charge is 2.06. The number of hydrogen-bond acceptors (Lipinski definition) is 4. The van der Waals surface area contributed by atoms with Gasteiger partial charge in [0.2, 0.25) is 0 Å². The van der Waals surface area contributed by atoms with Crippen molar-refractivity contribution in [3.63, 3.8) is 0 Å². The smallest absolute Gasteiger partial charge is 0.307 e. The van der Waals surface area contributed by atoms with Crippen LogP contribution in [0.5, 0.6) is 0 Å². The summed E-state index contributed by atoms with van der Waals surface area (Å²) in [4.78, 5) is 10.6. The number of hydrogen-bond donors (Lipinski definition) is 2. The molecule has 0 aliphatic carbocycles. The minimum Gasteiger partial charge on any atom is -0.481 e. The zero-order valence-corrected chi connectivity index (χ0v) is 9.78. The lowest BCUT2D eigenvalue weighted by atomic mass is 10.1. The minimum atomic E-state index is -0.840. The molecule has 0 aliphatic rings. The Hall–Kier alpha value is -2.21. The third-order valence-corrected chi connectivity index (χ3v) is 2.56. The SMILES string of the molecule is NCCc1cnnn1-c1ccc(CC(=O)O)cc1. The maximum absolute atomic E-state index is 10.6. The maximum atomic E-state index is 10.6. The van der Waals surface area contributed by atoms with E-state index in [4.69, 9.17) is 10.8 Å². The molecule has 1 aromatic heterocycles. The van der Waals surface area contributed by atoms with Gasteiger partial charge in [-0.05, 0) is 24.2 Å². The molecule has 0 amide bonds. The van der Waals surface area contributed by atoms with Gasteiger partial charge in [0, 0.05) is 6.42 Å². The van der Waals surface area contributed by atoms with Gasteiger partial charge in [-0.25, -0.2) is 4.68 Å². The van der Waals surface area contributed by atoms with Gasteiger partial charge in [0.15, 0.2) is 0 Å². The van der Waals surface area contributed by atoms with Crippen LogP contribution in [0.15, 0.2) is 30.5 Å². The molecule has 0 radical (unpaired) electrons. The van der Waals surface area contributed by atoms with Crippen LogP contribution in [-0.4, -0.2) is 32.6 Å². The first-order valence-corrected chi connectivity index (χ1v) is 5.61. The predicted octanol–water partition coefficient (Wildman–Crippen LogP) is 0.396. The Labute approximate surface area is 104 Å². The molecule has 3 N–H and O–H groups in total. The summed E-state index contributed by atoms with van der Waals surface area (Å²) in [5.41, 5.74) is 8.05. The Balaban J connectivity index is 2.23. The van der Waals surface area contributed by atoms with Crippen molar-refractivity contribution < 1.29 is 9.90 Å². The van der Waals surface area contributed by atoms with Crippen LogP contribution in [-0.2, 0) is 17.6 Å². The highest BCUT2D eigenvalue weighted by atomic mass is 16.4. The first-order valence-electron chi connectivity index (χ1n) is 5.61. The minimum absolute atomic E-state index is 0.0211. The van der Waals surface area contributed by atoms with Gasteiger partial charge in [-0.2, -0.15) is 0 Å². The Morgan fingerprint density at radius 1 is 1.33 bits per heavy atom. The summed E-state index contributed by atoms with van der Waals surface area (Å²) in [5.74, 6) is -0.840. The third kappa shape index (κ3) is 2.72. The molecule has 0 atom stereocenters. The van der Waals surface area contributed by atoms with E-state index in [1.54, 1.807) is 23.0 Å². The summed E-state index contributed by atoms with van der Waals surface area (Å²) in [6, 6.07) is 7.20. The number of carboxylic acids is 1. The number of nitrogens with zero attached hydrogens (tertiary/aromatic N) is 3. The van der Waals surface area contributed by atoms with Crippen LogP contribution in [0.3, 0.4) is 0 Å². The number of carboxylic acid groups (broad SMARTS) is 1. The molecule has 94 valence electrons. The van der Waals surface area contributed by atoms with Gasteiger partial charge >= 0.3 is 5.97 Å². The van der Waals surface area contributed by atoms with Gasteiger partial charge < -0.3 is 10.8 Å². The molecule has 1 heterocycles. The van der Waals surface area contributed by atoms with Crippen LogP contribution < -0.4 is 5.73 Å². The largest absolute Gasteiger partial charge is 0.481 e. The lowest BCUT2D eigenvalue weighted by Crippen LogP contribution is -2.09. The Morgan fingerprint density at radius 3 is 2.67 bits per heavy atom. The van der Waals surface area contributed by atoms with E-state index >= 15 is 0 Å². The topological polar surface area (TPSA) is 94.0 Å². The standard InChI is InChI=1S/C12H14N4O2/c13-6-5-11-8-14-15-16(11)10-3-1-9(2-4-10)7-12(17)18/h1-4,8H,5-7,13H2,(H,17,18). The lowest BCUT2D eigenvalue weighted by Gasteiger charge is -2.05. The van der Waals surface area contributed by atoms with Crippen molar-refractivity contribution in [2.75, 3.05) is 6.54 Å². The molecule has 0 bridgehead atoms. The highest BCUT2D eigenvalue weighted by molar-refractivity contribution is 5.70. The van der Waals surface area contributed by atoms with Crippen molar-refractivity contribution in [2.24, 2.45) is 5.73 Å². The molecule has 0 aliphatic heterocycles. The molecule has 2 rings (SSSR count). The van der Waals surface area contributed by atoms with Crippen LogP contribution in [0.25, 0.3) is 5.69 Å². The predicted molar refractivity (Wildman–Crippen MR) is 65.5 cm³/mol. The Kier molecular flexibility index (Phi) is 3.69. The van der Waals surface area contributed by atoms with Crippen LogP contribution in [0.1, 0.15) is 11.3 Å². The lowest BCUT2D eigenvalue weighted by molar-refractivity contribution is -0.136. The molecule has 18 heavy (non-hydrogen) atoms. The highest BCUT2D eigenvalue weighted by Crippen LogP contribution is 2.11. The molecule has 2 aromatic rings. The van der Waals surface area contributed by atoms with Crippen molar-refractivity contribution in [1.82, 2.24) is 15.0 Å². The van der Waals surface area contributed by atoms with Gasteiger partial charge in [-0.3, -0.25) is 4.79 Å². The summed E-state index contributed by atoms with van der Waals surface area (Å²) in [5, 5.41) is 16.5.